The van der Waals surface area contributed by atoms with Crippen molar-refractivity contribution < 1.29 is 86.9 Å². The van der Waals surface area contributed by atoms with E-state index in [1.165, 1.54) is 19.1 Å². The monoisotopic (exact) mass is 1860 g/mol. The number of aliphatic hydroxyl groups is 4. The smallest absolute Gasteiger partial charge is 0.191 e. The second-order valence-corrected chi connectivity index (χ2v) is 31.7. The van der Waals surface area contributed by atoms with Gasteiger partial charge < -0.3 is 133 Å². The molecule has 0 radical (unpaired) electrons. The number of methoxy groups -OCH3 is 12. The van der Waals surface area contributed by atoms with Crippen molar-refractivity contribution in [3.63, 3.8) is 0 Å². The van der Waals surface area contributed by atoms with Crippen molar-refractivity contribution in [1.29, 1.82) is 27.0 Å². The van der Waals surface area contributed by atoms with Gasteiger partial charge in [0.15, 0.2) is 11.6 Å². The maximum Gasteiger partial charge on any atom is 0.191 e. The lowest BCUT2D eigenvalue weighted by molar-refractivity contribution is -0.116. The maximum absolute atomic E-state index is 13.5. The van der Waals surface area contributed by atoms with E-state index in [4.69, 9.17) is 89.6 Å². The van der Waals surface area contributed by atoms with Crippen LogP contribution >= 0.6 is 0 Å². The van der Waals surface area contributed by atoms with Gasteiger partial charge in [-0.1, -0.05) is 60.7 Å². The molecule has 4 unspecified atom stereocenters. The predicted molar refractivity (Wildman–Crippen MR) is 525 cm³/mol. The molecule has 0 aliphatic carbocycles. The highest BCUT2D eigenvalue weighted by Crippen LogP contribution is 2.45. The molecule has 16 N–H and O–H groups in total. The van der Waals surface area contributed by atoms with E-state index in [0.717, 1.165) is 55.7 Å². The molecule has 7 aliphatic heterocycles. The number of anilines is 6. The molecule has 4 atom stereocenters. The number of benzene rings is 9. The van der Waals surface area contributed by atoms with Gasteiger partial charge in [0.1, 0.15) is 146 Å². The third-order valence-electron chi connectivity index (χ3n) is 23.8. The van der Waals surface area contributed by atoms with Gasteiger partial charge in [-0.3, -0.25) is 36.6 Å². The number of nitrogens with two attached hydrogens (primary N) is 1. The number of Topliss-reactive ketones (excluding diaryl/α,β-unsaturated/α-hetero) is 2. The van der Waals surface area contributed by atoms with Crippen LogP contribution in [-0.2, 0) is 25.5 Å². The normalized spacial score (nSPS) is 18.2. The molecule has 2 fully saturated rings. The van der Waals surface area contributed by atoms with E-state index < -0.39 is 24.2 Å². The van der Waals surface area contributed by atoms with Gasteiger partial charge >= 0.3 is 0 Å². The van der Waals surface area contributed by atoms with E-state index >= 15 is 0 Å². The van der Waals surface area contributed by atoms with Crippen molar-refractivity contribution in [1.82, 2.24) is 35.2 Å². The van der Waals surface area contributed by atoms with Crippen LogP contribution in [0.3, 0.4) is 0 Å². The van der Waals surface area contributed by atoms with E-state index in [1.54, 1.807) is 176 Å². The van der Waals surface area contributed by atoms with E-state index in [-0.39, 0.29) is 89.9 Å². The van der Waals surface area contributed by atoms with Gasteiger partial charge in [-0.25, -0.2) is 15.0 Å². The lowest BCUT2D eigenvalue weighted by Gasteiger charge is -2.27. The molecule has 37 heteroatoms. The zero-order valence-electron chi connectivity index (χ0n) is 77.2. The number of para-hydroxylation sites is 7. The molecule has 37 nitrogen and oxygen atoms in total. The summed E-state index contributed by atoms with van der Waals surface area (Å²) >= 11 is 0. The summed E-state index contributed by atoms with van der Waals surface area (Å²) in [5.41, 5.74) is 19.3. The summed E-state index contributed by atoms with van der Waals surface area (Å²) in [5.74, 6) is 7.47. The largest absolute Gasteiger partial charge is 0.509 e. The Bertz CT molecular complexity index is 6470. The third-order valence-corrected chi connectivity index (χ3v) is 23.8. The predicted octanol–water partition coefficient (Wildman–Crippen LogP) is 14.0. The molecule has 2 saturated heterocycles. The first-order valence-electron chi connectivity index (χ1n) is 43.2. The number of ether oxygens (including phenoxy) is 12. The van der Waals surface area contributed by atoms with Gasteiger partial charge in [-0.05, 0) is 60.6 Å². The van der Waals surface area contributed by atoms with Gasteiger partial charge in [-0.15, -0.1) is 0 Å². The van der Waals surface area contributed by atoms with Crippen molar-refractivity contribution in [2.75, 3.05) is 148 Å². The lowest BCUT2D eigenvalue weighted by atomic mass is 10.0. The zero-order chi connectivity index (χ0) is 97.2. The average molecular weight is 1860 g/mol. The van der Waals surface area contributed by atoms with Crippen LogP contribution in [0.1, 0.15) is 35.9 Å². The summed E-state index contributed by atoms with van der Waals surface area (Å²) in [6.45, 7) is 0.500. The van der Waals surface area contributed by atoms with Crippen molar-refractivity contribution >= 4 is 125 Å². The van der Waals surface area contributed by atoms with Crippen LogP contribution in [0.2, 0.25) is 0 Å². The Morgan fingerprint density at radius 1 is 0.401 bits per heavy atom. The number of amidine groups is 5. The Balaban J connectivity index is 0.000000130. The molecule has 137 heavy (non-hydrogen) atoms. The first-order valence-corrected chi connectivity index (χ1v) is 43.2. The van der Waals surface area contributed by atoms with Crippen LogP contribution in [0.5, 0.6) is 57.5 Å². The van der Waals surface area contributed by atoms with Crippen molar-refractivity contribution in [3.05, 3.63) is 263 Å². The quantitative estimate of drug-likeness (QED) is 0.0236. The molecule has 12 aromatic rings. The van der Waals surface area contributed by atoms with Crippen LogP contribution in [0.15, 0.2) is 240 Å². The fourth-order valence-corrected chi connectivity index (χ4v) is 17.1. The Hall–Kier alpha value is -16.6. The second-order valence-electron chi connectivity index (χ2n) is 31.7. The zero-order valence-corrected chi connectivity index (χ0v) is 77.2. The van der Waals surface area contributed by atoms with Crippen molar-refractivity contribution in [3.8, 4) is 57.5 Å². The molecule has 0 saturated carbocycles. The molecule has 10 heterocycles. The molecule has 0 amide bonds. The first kappa shape index (κ1) is 95.0. The Labute approximate surface area is 787 Å². The number of allylic oxidation sites excluding steroid dienone is 2. The number of nitrogens with one attached hydrogen (secondary N) is 10. The molecule has 0 bridgehead atoms. The summed E-state index contributed by atoms with van der Waals surface area (Å²) in [7, 11) is 18.8. The number of carbonyl (C=O) groups is 2. The summed E-state index contributed by atoms with van der Waals surface area (Å²) in [6, 6.07) is 54.5. The van der Waals surface area contributed by atoms with Crippen molar-refractivity contribution in [2.45, 2.75) is 43.4 Å². The summed E-state index contributed by atoms with van der Waals surface area (Å²) in [4.78, 5) is 57.1. The number of fused-ring (bicyclic) bond motifs is 4. The van der Waals surface area contributed by atoms with Gasteiger partial charge in [0.05, 0.1) is 180 Å². The van der Waals surface area contributed by atoms with E-state index in [9.17, 15) is 30.0 Å². The van der Waals surface area contributed by atoms with Crippen LogP contribution < -0.4 is 88.2 Å². The lowest BCUT2D eigenvalue weighted by Crippen LogP contribution is -2.40. The van der Waals surface area contributed by atoms with Gasteiger partial charge in [0, 0.05) is 148 Å². The molecular formula is C100H105N19O18. The first-order chi connectivity index (χ1) is 66.4. The van der Waals surface area contributed by atoms with Crippen LogP contribution in [0.25, 0.3) is 49.8 Å². The highest BCUT2D eigenvalue weighted by atomic mass is 16.5. The number of carbonyl (C=O) groups excluding carboxylic acids is 2. The maximum atomic E-state index is 13.5. The molecule has 19 rings (SSSR count). The number of ketones is 2. The van der Waals surface area contributed by atoms with Gasteiger partial charge in [0.2, 0.25) is 0 Å². The van der Waals surface area contributed by atoms with Crippen molar-refractivity contribution in [2.24, 2.45) is 5.73 Å². The number of aromatic amines is 3. The number of aliphatic hydroxyl groups excluding tert-OH is 4. The third kappa shape index (κ3) is 19.1. The van der Waals surface area contributed by atoms with Gasteiger partial charge in [-0.2, -0.15) is 0 Å². The minimum atomic E-state index is -0.812. The summed E-state index contributed by atoms with van der Waals surface area (Å²) in [5, 5.41) is 92.5. The number of imidazole rings is 3. The number of nitrogens with zero attached hydrogens (tertiary/aromatic N) is 8. The number of H-pyrrole nitrogens is 3. The molecule has 3 aromatic heterocycles. The summed E-state index contributed by atoms with van der Waals surface area (Å²) in [6.07, 6.45) is 5.45. The van der Waals surface area contributed by atoms with E-state index in [2.05, 4.69) is 40.5 Å². The minimum Gasteiger partial charge on any atom is -0.509 e. The van der Waals surface area contributed by atoms with Crippen LogP contribution in [-0.4, -0.2) is 233 Å². The number of rotatable bonds is 25. The molecular weight excluding hydrogens is 1760 g/mol. The number of hydrogen-bond acceptors (Lipinski definition) is 29. The van der Waals surface area contributed by atoms with E-state index in [1.807, 2.05) is 115 Å². The Morgan fingerprint density at radius 2 is 0.752 bits per heavy atom. The number of aromatic nitrogens is 6. The molecule has 708 valence electrons. The SMILES string of the molecule is COCC1C(O)=C(c2nc3ccccc3[nH]2)C(=N)N1c1cc(OC)cc(OC)c1.COCCC1C(=O)C(=C2Cc3ccccc3N2)C(=N)N1c1cc(OC)cc(OC)c1.COc1cc(OC)cc(N2C(=N)C(c3nc4ccccc4[nH]3)=C(O)C2CN)c1.COc1cc(OC)cc(N2C(=N)C(c3nc4ccccc4[nH]3)=C(O)C2CO)c1.COc1cc(OC)cc(N2CC(=O)C(=C3CC=CN3)C2=N)c1. The average Bonchev–Trinajstić information content (AvgIpc) is 1.61. The van der Waals surface area contributed by atoms with Crippen LogP contribution in [0.4, 0.5) is 34.1 Å². The van der Waals surface area contributed by atoms with E-state index in [0.29, 0.717) is 152 Å². The highest BCUT2D eigenvalue weighted by Gasteiger charge is 2.47. The number of hydrogen-bond donors (Lipinski definition) is 15. The van der Waals surface area contributed by atoms with Gasteiger partial charge in [0.25, 0.3) is 0 Å². The summed E-state index contributed by atoms with van der Waals surface area (Å²) < 4.78 is 63.9. The molecule has 0 spiro atoms. The molecule has 7 aliphatic rings. The van der Waals surface area contributed by atoms with Crippen LogP contribution in [0, 0.1) is 27.0 Å². The topological polar surface area (TPSA) is 497 Å². The highest BCUT2D eigenvalue weighted by molar-refractivity contribution is 6.36. The Morgan fingerprint density at radius 3 is 1.11 bits per heavy atom. The fourth-order valence-electron chi connectivity index (χ4n) is 17.1. The second kappa shape index (κ2) is 41.7. The minimum absolute atomic E-state index is 0.00772. The fraction of sp³-hybridized carbons (Fsp3) is 0.240. The standard InChI is InChI=1S/C23H25N3O4.C21H22N4O4.C20H21N5O3.C20H20N4O4.C16H17N3O3/c1-28-9-8-20-22(27)21(19-10-14-6-4-5-7-18(14)25-19)23(24)26(20)15-11-16(29-2)13-17(12-15)30-3;1-27-11-17-19(26)18(21-23-15-6-4-5-7-16(15)24-21)20(22)25(17)12-8-13(28-2)10-14(9-12)29-3;1-27-12-7-11(8-13(9-12)28-2)25-16(10-21)18(26)17(19(25)22)20-23-14-5-3-4-6-15(14)24-20;1-27-12-7-11(8-13(9-12)28-2)24-16(10-25)18(26)17(19(24)21)20-22-14-5-3-4-6-15(14)23-20;1-21-11-6-10(7-12(8-11)22-2)19-9-14(20)15(16(19)17)13-4-3-5-18-13/h4-7,11-13,20,24-25H,8-10H2,1-3H3;4-10,17,22,26H,11H2,1-3H3,(H,23,24);3-9,16,22,26H,10,21H2,1-2H3,(H,23,24);3-9,16,21,25-26H,10H2,1-2H3,(H,22,23);3,5-8,17-18H,4,9H2,1-2H3. The molecule has 9 aromatic carbocycles. The Kier molecular flexibility index (Phi) is 28.9.